The highest BCUT2D eigenvalue weighted by atomic mass is 16.1. The van der Waals surface area contributed by atoms with Crippen molar-refractivity contribution in [2.75, 3.05) is 5.32 Å². The maximum absolute atomic E-state index is 11.7. The van der Waals surface area contributed by atoms with Crippen LogP contribution in [0.25, 0.3) is 0 Å². The van der Waals surface area contributed by atoms with E-state index in [4.69, 9.17) is 0 Å². The third-order valence-electron chi connectivity index (χ3n) is 2.91. The molecule has 1 N–H and O–H groups in total. The van der Waals surface area contributed by atoms with Gasteiger partial charge in [0.2, 0.25) is 5.91 Å². The zero-order valence-electron chi connectivity index (χ0n) is 11.2. The van der Waals surface area contributed by atoms with Gasteiger partial charge >= 0.3 is 0 Å². The standard InChI is InChI=1S/C15H23NO/c1-4-5-6-7-8-15(17)16-14-10-9-12(2)11-13(14)3/h9-11H,4-8H2,1-3H3,(H,16,17). The van der Waals surface area contributed by atoms with Crippen LogP contribution < -0.4 is 5.32 Å². The summed E-state index contributed by atoms with van der Waals surface area (Å²) in [5, 5.41) is 2.98. The predicted octanol–water partition coefficient (Wildman–Crippen LogP) is 4.21. The Balaban J connectivity index is 2.40. The minimum absolute atomic E-state index is 0.132. The van der Waals surface area contributed by atoms with Crippen LogP contribution in [-0.4, -0.2) is 5.91 Å². The Morgan fingerprint density at radius 2 is 1.94 bits per heavy atom. The number of aryl methyl sites for hydroxylation is 2. The summed E-state index contributed by atoms with van der Waals surface area (Å²) in [5.74, 6) is 0.132. The second-order valence-corrected chi connectivity index (χ2v) is 4.68. The van der Waals surface area contributed by atoms with Gasteiger partial charge in [-0.05, 0) is 31.9 Å². The van der Waals surface area contributed by atoms with Crippen molar-refractivity contribution >= 4 is 11.6 Å². The summed E-state index contributed by atoms with van der Waals surface area (Å²) in [4.78, 5) is 11.7. The Morgan fingerprint density at radius 3 is 2.59 bits per heavy atom. The number of carbonyl (C=O) groups is 1. The molecule has 0 fully saturated rings. The molecule has 0 heterocycles. The van der Waals surface area contributed by atoms with Gasteiger partial charge in [0.05, 0.1) is 0 Å². The first-order valence-corrected chi connectivity index (χ1v) is 6.50. The summed E-state index contributed by atoms with van der Waals surface area (Å²) in [7, 11) is 0. The van der Waals surface area contributed by atoms with Gasteiger partial charge in [0.1, 0.15) is 0 Å². The largest absolute Gasteiger partial charge is 0.326 e. The second-order valence-electron chi connectivity index (χ2n) is 4.68. The zero-order chi connectivity index (χ0) is 12.7. The molecule has 2 nitrogen and oxygen atoms in total. The molecule has 0 spiro atoms. The van der Waals surface area contributed by atoms with E-state index in [1.807, 2.05) is 19.1 Å². The number of benzene rings is 1. The van der Waals surface area contributed by atoms with Crippen LogP contribution in [0, 0.1) is 13.8 Å². The van der Waals surface area contributed by atoms with Crippen molar-refractivity contribution in [3.63, 3.8) is 0 Å². The van der Waals surface area contributed by atoms with E-state index in [-0.39, 0.29) is 5.91 Å². The van der Waals surface area contributed by atoms with Gasteiger partial charge in [0.15, 0.2) is 0 Å². The zero-order valence-corrected chi connectivity index (χ0v) is 11.2. The molecule has 0 saturated heterocycles. The van der Waals surface area contributed by atoms with Gasteiger partial charge < -0.3 is 5.32 Å². The topological polar surface area (TPSA) is 29.1 Å². The number of rotatable bonds is 6. The first-order valence-electron chi connectivity index (χ1n) is 6.50. The molecule has 0 aliphatic heterocycles. The minimum atomic E-state index is 0.132. The lowest BCUT2D eigenvalue weighted by atomic mass is 10.1. The molecule has 17 heavy (non-hydrogen) atoms. The van der Waals surface area contributed by atoms with Crippen molar-refractivity contribution in [3.05, 3.63) is 29.3 Å². The molecule has 0 aliphatic rings. The Hall–Kier alpha value is -1.31. The van der Waals surface area contributed by atoms with Gasteiger partial charge in [-0.3, -0.25) is 4.79 Å². The second kappa shape index (κ2) is 7.10. The summed E-state index contributed by atoms with van der Waals surface area (Å²) >= 11 is 0. The minimum Gasteiger partial charge on any atom is -0.326 e. The Kier molecular flexibility index (Phi) is 5.75. The van der Waals surface area contributed by atoms with E-state index in [0.29, 0.717) is 6.42 Å². The highest BCUT2D eigenvalue weighted by Gasteiger charge is 2.04. The lowest BCUT2D eigenvalue weighted by Gasteiger charge is -2.09. The number of hydrogen-bond donors (Lipinski definition) is 1. The summed E-state index contributed by atoms with van der Waals surface area (Å²) in [6.07, 6.45) is 5.20. The molecule has 0 atom stereocenters. The quantitative estimate of drug-likeness (QED) is 0.733. The summed E-state index contributed by atoms with van der Waals surface area (Å²) in [6, 6.07) is 6.10. The van der Waals surface area contributed by atoms with Crippen LogP contribution in [0.1, 0.15) is 50.2 Å². The molecular weight excluding hydrogens is 210 g/mol. The van der Waals surface area contributed by atoms with Crippen LogP contribution in [0.15, 0.2) is 18.2 Å². The SMILES string of the molecule is CCCCCCC(=O)Nc1ccc(C)cc1C. The lowest BCUT2D eigenvalue weighted by molar-refractivity contribution is -0.116. The van der Waals surface area contributed by atoms with Crippen LogP contribution in [0.4, 0.5) is 5.69 Å². The molecule has 0 radical (unpaired) electrons. The average Bonchev–Trinajstić information content (AvgIpc) is 2.28. The number of hydrogen-bond acceptors (Lipinski definition) is 1. The number of carbonyl (C=O) groups excluding carboxylic acids is 1. The normalized spacial score (nSPS) is 10.3. The Bertz CT molecular complexity index is 371. The maximum Gasteiger partial charge on any atom is 0.224 e. The molecule has 1 rings (SSSR count). The number of unbranched alkanes of at least 4 members (excludes halogenated alkanes) is 3. The van der Waals surface area contributed by atoms with Crippen LogP contribution in [0.5, 0.6) is 0 Å². The maximum atomic E-state index is 11.7. The highest BCUT2D eigenvalue weighted by molar-refractivity contribution is 5.91. The van der Waals surface area contributed by atoms with Crippen molar-refractivity contribution in [3.8, 4) is 0 Å². The van der Waals surface area contributed by atoms with E-state index >= 15 is 0 Å². The molecule has 2 heteroatoms. The molecule has 1 aromatic carbocycles. The summed E-state index contributed by atoms with van der Waals surface area (Å²) in [6.45, 7) is 6.26. The molecule has 0 bridgehead atoms. The fraction of sp³-hybridized carbons (Fsp3) is 0.533. The molecule has 1 amide bonds. The van der Waals surface area contributed by atoms with Crippen molar-refractivity contribution in [1.29, 1.82) is 0 Å². The third-order valence-corrected chi connectivity index (χ3v) is 2.91. The molecule has 0 aromatic heterocycles. The van der Waals surface area contributed by atoms with Gasteiger partial charge in [0.25, 0.3) is 0 Å². The van der Waals surface area contributed by atoms with Crippen LogP contribution in [0.2, 0.25) is 0 Å². The first-order chi connectivity index (χ1) is 8.13. The predicted molar refractivity (Wildman–Crippen MR) is 73.3 cm³/mol. The van der Waals surface area contributed by atoms with E-state index in [2.05, 4.69) is 25.2 Å². The molecule has 0 aliphatic carbocycles. The van der Waals surface area contributed by atoms with Crippen molar-refractivity contribution in [2.45, 2.75) is 52.9 Å². The molecule has 1 aromatic rings. The van der Waals surface area contributed by atoms with Crippen molar-refractivity contribution in [2.24, 2.45) is 0 Å². The van der Waals surface area contributed by atoms with Crippen molar-refractivity contribution < 1.29 is 4.79 Å². The number of nitrogens with one attached hydrogen (secondary N) is 1. The first kappa shape index (κ1) is 13.8. The van der Waals surface area contributed by atoms with Gasteiger partial charge in [-0.15, -0.1) is 0 Å². The van der Waals surface area contributed by atoms with Gasteiger partial charge in [-0.2, -0.15) is 0 Å². The van der Waals surface area contributed by atoms with Gasteiger partial charge in [-0.1, -0.05) is 43.9 Å². The van der Waals surface area contributed by atoms with Crippen LogP contribution in [0.3, 0.4) is 0 Å². The van der Waals surface area contributed by atoms with Gasteiger partial charge in [-0.25, -0.2) is 0 Å². The lowest BCUT2D eigenvalue weighted by Crippen LogP contribution is -2.12. The molecule has 0 saturated carbocycles. The smallest absolute Gasteiger partial charge is 0.224 e. The molecular formula is C15H23NO. The van der Waals surface area contributed by atoms with E-state index in [1.165, 1.54) is 18.4 Å². The van der Waals surface area contributed by atoms with Crippen molar-refractivity contribution in [1.82, 2.24) is 0 Å². The molecule has 94 valence electrons. The highest BCUT2D eigenvalue weighted by Crippen LogP contribution is 2.16. The van der Waals surface area contributed by atoms with Gasteiger partial charge in [0, 0.05) is 12.1 Å². The van der Waals surface area contributed by atoms with Crippen LogP contribution >= 0.6 is 0 Å². The average molecular weight is 233 g/mol. The van der Waals surface area contributed by atoms with E-state index in [1.54, 1.807) is 0 Å². The van der Waals surface area contributed by atoms with Crippen LogP contribution in [-0.2, 0) is 4.79 Å². The third kappa shape index (κ3) is 5.03. The number of amides is 1. The van der Waals surface area contributed by atoms with E-state index < -0.39 is 0 Å². The Labute approximate surface area is 104 Å². The van der Waals surface area contributed by atoms with E-state index in [0.717, 1.165) is 24.1 Å². The Morgan fingerprint density at radius 1 is 1.18 bits per heavy atom. The monoisotopic (exact) mass is 233 g/mol. The fourth-order valence-electron chi connectivity index (χ4n) is 1.88. The summed E-state index contributed by atoms with van der Waals surface area (Å²) < 4.78 is 0. The fourth-order valence-corrected chi connectivity index (χ4v) is 1.88. The summed E-state index contributed by atoms with van der Waals surface area (Å²) in [5.41, 5.74) is 3.30. The van der Waals surface area contributed by atoms with E-state index in [9.17, 15) is 4.79 Å². The number of anilines is 1. The molecule has 0 unspecified atom stereocenters.